The minimum absolute atomic E-state index is 0.0323. The van der Waals surface area contributed by atoms with Crippen LogP contribution in [0.4, 0.5) is 15.9 Å². The molecule has 3 rings (SSSR count). The number of amides is 1. The predicted octanol–water partition coefficient (Wildman–Crippen LogP) is 3.86. The molecule has 9 nitrogen and oxygen atoms in total. The molecule has 2 heterocycles. The quantitative estimate of drug-likeness (QED) is 0.434. The number of aromatic nitrogens is 4. The van der Waals surface area contributed by atoms with Gasteiger partial charge in [-0.15, -0.1) is 0 Å². The Morgan fingerprint density at radius 2 is 2.11 bits per heavy atom. The van der Waals surface area contributed by atoms with Crippen LogP contribution in [-0.2, 0) is 13.1 Å². The molecule has 146 valence electrons. The van der Waals surface area contributed by atoms with Crippen molar-refractivity contribution in [1.29, 1.82) is 0 Å². The van der Waals surface area contributed by atoms with E-state index in [1.165, 1.54) is 33.9 Å². The van der Waals surface area contributed by atoms with E-state index in [-0.39, 0.29) is 28.6 Å². The van der Waals surface area contributed by atoms with Crippen LogP contribution in [0.25, 0.3) is 0 Å². The third-order valence-electron chi connectivity index (χ3n) is 3.81. The number of carbonyl (C=O) groups excluding carboxylic acids is 1. The number of aryl methyl sites for hydroxylation is 1. The summed E-state index contributed by atoms with van der Waals surface area (Å²) in [5.74, 6) is -1.16. The maximum Gasteiger partial charge on any atom is 0.320 e. The molecule has 1 aromatic carbocycles. The normalized spacial score (nSPS) is 10.9. The molecule has 0 spiro atoms. The Labute approximate surface area is 171 Å². The third-order valence-corrected chi connectivity index (χ3v) is 4.74. The number of carbonyl (C=O) groups is 1. The van der Waals surface area contributed by atoms with Gasteiger partial charge in [-0.1, -0.05) is 17.7 Å². The first kappa shape index (κ1) is 20.0. The molecule has 0 saturated carbocycles. The number of nitro groups is 1. The lowest BCUT2D eigenvalue weighted by Crippen LogP contribution is -2.16. The topological polar surface area (TPSA) is 108 Å². The van der Waals surface area contributed by atoms with E-state index < -0.39 is 22.3 Å². The van der Waals surface area contributed by atoms with Crippen LogP contribution in [0.3, 0.4) is 0 Å². The molecule has 0 bridgehead atoms. The maximum atomic E-state index is 13.9. The molecule has 3 aromatic rings. The highest BCUT2D eigenvalue weighted by atomic mass is 79.9. The Morgan fingerprint density at radius 1 is 1.36 bits per heavy atom. The zero-order valence-electron chi connectivity index (χ0n) is 14.4. The number of nitrogens with one attached hydrogen (secondary N) is 1. The van der Waals surface area contributed by atoms with Crippen LogP contribution in [-0.4, -0.2) is 30.4 Å². The number of hydrogen-bond donors (Lipinski definition) is 1. The second-order valence-corrected chi connectivity index (χ2v) is 6.91. The van der Waals surface area contributed by atoms with Crippen molar-refractivity contribution in [2.24, 2.45) is 0 Å². The number of hydrogen-bond acceptors (Lipinski definition) is 5. The van der Waals surface area contributed by atoms with Gasteiger partial charge in [0, 0.05) is 23.3 Å². The second-order valence-electron chi connectivity index (χ2n) is 5.65. The number of benzene rings is 1. The van der Waals surface area contributed by atoms with Crippen molar-refractivity contribution in [3.8, 4) is 0 Å². The fourth-order valence-electron chi connectivity index (χ4n) is 2.44. The summed E-state index contributed by atoms with van der Waals surface area (Å²) in [6.45, 7) is 2.14. The molecule has 0 aliphatic heterocycles. The highest BCUT2D eigenvalue weighted by Gasteiger charge is 2.26. The first-order valence-corrected chi connectivity index (χ1v) is 9.16. The Hall–Kier alpha value is -2.79. The average molecular weight is 472 g/mol. The van der Waals surface area contributed by atoms with E-state index in [1.807, 2.05) is 0 Å². The number of rotatable bonds is 6. The van der Waals surface area contributed by atoms with Crippen LogP contribution in [0, 0.1) is 15.9 Å². The number of halogens is 3. The predicted molar refractivity (Wildman–Crippen MR) is 103 cm³/mol. The van der Waals surface area contributed by atoms with Gasteiger partial charge >= 0.3 is 5.69 Å². The van der Waals surface area contributed by atoms with Crippen molar-refractivity contribution in [3.63, 3.8) is 0 Å². The fraction of sp³-hybridized carbons (Fsp3) is 0.188. The van der Waals surface area contributed by atoms with Gasteiger partial charge in [-0.05, 0) is 35.0 Å². The van der Waals surface area contributed by atoms with Crippen LogP contribution in [0.15, 0.2) is 35.1 Å². The van der Waals surface area contributed by atoms with Gasteiger partial charge in [-0.25, -0.2) is 4.39 Å². The largest absolute Gasteiger partial charge is 0.320 e. The van der Waals surface area contributed by atoms with Crippen LogP contribution in [0.1, 0.15) is 23.0 Å². The Balaban J connectivity index is 1.84. The monoisotopic (exact) mass is 470 g/mol. The summed E-state index contributed by atoms with van der Waals surface area (Å²) in [6.07, 6.45) is 2.71. The van der Waals surface area contributed by atoms with E-state index in [0.29, 0.717) is 11.0 Å². The SMILES string of the molecule is CCn1cc([N+](=O)[O-])c(C(=O)Nc2nn(Cc3c(F)cccc3Cl)cc2Br)n1. The zero-order valence-corrected chi connectivity index (χ0v) is 16.7. The highest BCUT2D eigenvalue weighted by molar-refractivity contribution is 9.10. The van der Waals surface area contributed by atoms with E-state index in [1.54, 1.807) is 13.0 Å². The summed E-state index contributed by atoms with van der Waals surface area (Å²) in [4.78, 5) is 22.9. The molecule has 0 atom stereocenters. The number of nitrogens with zero attached hydrogens (tertiary/aromatic N) is 5. The van der Waals surface area contributed by atoms with Crippen molar-refractivity contribution < 1.29 is 14.1 Å². The van der Waals surface area contributed by atoms with Crippen LogP contribution in [0.2, 0.25) is 5.02 Å². The van der Waals surface area contributed by atoms with Crippen molar-refractivity contribution in [3.05, 3.63) is 67.3 Å². The maximum absolute atomic E-state index is 13.9. The van der Waals surface area contributed by atoms with Crippen LogP contribution >= 0.6 is 27.5 Å². The molecule has 1 amide bonds. The summed E-state index contributed by atoms with van der Waals surface area (Å²) in [6, 6.07) is 4.34. The van der Waals surface area contributed by atoms with Crippen LogP contribution < -0.4 is 5.32 Å². The summed E-state index contributed by atoms with van der Waals surface area (Å²) < 4.78 is 17.0. The molecule has 12 heteroatoms. The first-order valence-electron chi connectivity index (χ1n) is 7.99. The third kappa shape index (κ3) is 4.04. The lowest BCUT2D eigenvalue weighted by Gasteiger charge is -2.05. The van der Waals surface area contributed by atoms with Gasteiger partial charge in [0.2, 0.25) is 5.69 Å². The van der Waals surface area contributed by atoms with E-state index in [9.17, 15) is 19.3 Å². The van der Waals surface area contributed by atoms with Crippen molar-refractivity contribution in [2.45, 2.75) is 20.0 Å². The molecular formula is C16H13BrClFN6O3. The Kier molecular flexibility index (Phi) is 5.75. The molecule has 0 aliphatic carbocycles. The summed E-state index contributed by atoms with van der Waals surface area (Å²) in [5.41, 5.74) is -0.493. The zero-order chi connectivity index (χ0) is 20.4. The fourth-order valence-corrected chi connectivity index (χ4v) is 3.08. The molecule has 0 saturated heterocycles. The first-order chi connectivity index (χ1) is 13.3. The Morgan fingerprint density at radius 3 is 2.75 bits per heavy atom. The molecule has 2 aromatic heterocycles. The van der Waals surface area contributed by atoms with Crippen molar-refractivity contribution in [2.75, 3.05) is 5.32 Å². The lowest BCUT2D eigenvalue weighted by molar-refractivity contribution is -0.385. The van der Waals surface area contributed by atoms with Crippen molar-refractivity contribution >= 4 is 44.9 Å². The summed E-state index contributed by atoms with van der Waals surface area (Å²) >= 11 is 9.27. The van der Waals surface area contributed by atoms with E-state index >= 15 is 0 Å². The molecular weight excluding hydrogens is 459 g/mol. The smallest absolute Gasteiger partial charge is 0.302 e. The molecule has 0 fully saturated rings. The molecule has 1 N–H and O–H groups in total. The van der Waals surface area contributed by atoms with Gasteiger partial charge in [0.1, 0.15) is 12.0 Å². The second kappa shape index (κ2) is 8.07. The van der Waals surface area contributed by atoms with Gasteiger partial charge in [0.05, 0.1) is 15.9 Å². The van der Waals surface area contributed by atoms with E-state index in [2.05, 4.69) is 31.4 Å². The van der Waals surface area contributed by atoms with E-state index in [4.69, 9.17) is 11.6 Å². The summed E-state index contributed by atoms with van der Waals surface area (Å²) in [5, 5.41) is 21.9. The molecule has 28 heavy (non-hydrogen) atoms. The summed E-state index contributed by atoms with van der Waals surface area (Å²) in [7, 11) is 0. The minimum atomic E-state index is -0.784. The van der Waals surface area contributed by atoms with Gasteiger partial charge in [-0.3, -0.25) is 24.3 Å². The Bertz CT molecular complexity index is 1050. The van der Waals surface area contributed by atoms with Gasteiger partial charge in [0.25, 0.3) is 5.91 Å². The van der Waals surface area contributed by atoms with Gasteiger partial charge in [0.15, 0.2) is 5.82 Å². The standard InChI is InChI=1S/C16H13BrClFN6O3/c1-2-23-8-13(25(27)28)14(21-23)16(26)20-15-10(17)7-24(22-15)6-9-11(18)4-3-5-12(9)19/h3-5,7-8H,2,6H2,1H3,(H,20,22,26). The van der Waals surface area contributed by atoms with Crippen LogP contribution in [0.5, 0.6) is 0 Å². The molecule has 0 aliphatic rings. The lowest BCUT2D eigenvalue weighted by atomic mass is 10.2. The van der Waals surface area contributed by atoms with Gasteiger partial charge < -0.3 is 5.32 Å². The number of anilines is 1. The van der Waals surface area contributed by atoms with Gasteiger partial charge in [-0.2, -0.15) is 10.2 Å². The minimum Gasteiger partial charge on any atom is -0.302 e. The van der Waals surface area contributed by atoms with E-state index in [0.717, 1.165) is 0 Å². The molecule has 0 radical (unpaired) electrons. The van der Waals surface area contributed by atoms with Crippen molar-refractivity contribution in [1.82, 2.24) is 19.6 Å². The molecule has 0 unspecified atom stereocenters. The highest BCUT2D eigenvalue weighted by Crippen LogP contribution is 2.25. The average Bonchev–Trinajstić information content (AvgIpc) is 3.22.